The Morgan fingerprint density at radius 3 is 2.08 bits per heavy atom. The van der Waals surface area contributed by atoms with Crippen molar-refractivity contribution < 1.29 is 0 Å². The number of likely N-dealkylation sites (N-methyl/N-ethyl adjacent to an activating group) is 3. The number of hydrogen-bond donors (Lipinski definition) is 1. The highest BCUT2D eigenvalue weighted by Gasteiger charge is 2.34. The lowest BCUT2D eigenvalue weighted by molar-refractivity contribution is 0.215. The monoisotopic (exact) mass is 168 g/mol. The fourth-order valence-corrected chi connectivity index (χ4v) is 1.53. The summed E-state index contributed by atoms with van der Waals surface area (Å²) in [6.45, 7) is 3.94. The summed E-state index contributed by atoms with van der Waals surface area (Å²) >= 11 is 0. The van der Waals surface area contributed by atoms with Gasteiger partial charge in [0.2, 0.25) is 0 Å². The molecule has 1 atom stereocenters. The van der Waals surface area contributed by atoms with E-state index >= 15 is 0 Å². The van der Waals surface area contributed by atoms with Crippen molar-refractivity contribution in [2.75, 3.05) is 28.2 Å². The number of nitrogens with one attached hydrogen (secondary N) is 1. The van der Waals surface area contributed by atoms with Crippen LogP contribution in [0.3, 0.4) is 0 Å². The van der Waals surface area contributed by atoms with E-state index in [0.29, 0.717) is 5.96 Å². The molecule has 1 fully saturated rings. The molecule has 4 heteroatoms. The molecule has 1 saturated heterocycles. The van der Waals surface area contributed by atoms with Crippen LogP contribution >= 0.6 is 0 Å². The first-order valence-corrected chi connectivity index (χ1v) is 3.87. The molecule has 1 N–H and O–H groups in total. The van der Waals surface area contributed by atoms with Crippen LogP contribution in [0.2, 0.25) is 0 Å². The molecule has 0 aromatic rings. The zero-order valence-corrected chi connectivity index (χ0v) is 8.13. The van der Waals surface area contributed by atoms with Gasteiger partial charge in [0.15, 0.2) is 5.96 Å². The minimum Gasteiger partial charge on any atom is -0.324 e. The summed E-state index contributed by atoms with van der Waals surface area (Å²) in [7, 11) is 7.74. The van der Waals surface area contributed by atoms with Crippen molar-refractivity contribution in [3.05, 3.63) is 12.3 Å². The van der Waals surface area contributed by atoms with Gasteiger partial charge < -0.3 is 9.80 Å². The van der Waals surface area contributed by atoms with Gasteiger partial charge in [-0.2, -0.15) is 0 Å². The predicted octanol–water partition coefficient (Wildman–Crippen LogP) is 0.200. The Labute approximate surface area is 73.6 Å². The van der Waals surface area contributed by atoms with Crippen molar-refractivity contribution in [3.8, 4) is 0 Å². The van der Waals surface area contributed by atoms with Crippen LogP contribution in [0.5, 0.6) is 0 Å². The molecule has 1 aliphatic heterocycles. The molecule has 0 aliphatic carbocycles. The van der Waals surface area contributed by atoms with Crippen molar-refractivity contribution in [2.24, 2.45) is 0 Å². The van der Waals surface area contributed by atoms with E-state index in [4.69, 9.17) is 5.41 Å². The number of hydrogen-bond acceptors (Lipinski definition) is 2. The van der Waals surface area contributed by atoms with Crippen LogP contribution in [0.1, 0.15) is 0 Å². The van der Waals surface area contributed by atoms with Crippen LogP contribution in [-0.2, 0) is 0 Å². The van der Waals surface area contributed by atoms with Gasteiger partial charge in [-0.15, -0.1) is 0 Å². The molecule has 1 aliphatic rings. The maximum Gasteiger partial charge on any atom is 0.199 e. The van der Waals surface area contributed by atoms with Crippen LogP contribution < -0.4 is 0 Å². The maximum absolute atomic E-state index is 7.68. The standard InChI is InChI=1S/C8H16N4/c1-6-7(10(2)3)12(5)8(9)11(6)4/h7,9H,1H2,2-5H3. The summed E-state index contributed by atoms with van der Waals surface area (Å²) in [4.78, 5) is 5.73. The van der Waals surface area contributed by atoms with Gasteiger partial charge in [-0.1, -0.05) is 6.58 Å². The van der Waals surface area contributed by atoms with E-state index in [-0.39, 0.29) is 6.17 Å². The zero-order chi connectivity index (χ0) is 9.46. The Morgan fingerprint density at radius 2 is 1.92 bits per heavy atom. The Hall–Kier alpha value is -1.03. The van der Waals surface area contributed by atoms with E-state index in [9.17, 15) is 0 Å². The molecular weight excluding hydrogens is 152 g/mol. The number of guanidine groups is 1. The number of nitrogens with zero attached hydrogens (tertiary/aromatic N) is 3. The maximum atomic E-state index is 7.68. The van der Waals surface area contributed by atoms with Crippen molar-refractivity contribution in [1.29, 1.82) is 5.41 Å². The molecule has 0 bridgehead atoms. The SMILES string of the molecule is C=C1C(N(C)C)N(C)C(=N)N1C. The molecule has 0 spiro atoms. The van der Waals surface area contributed by atoms with Crippen molar-refractivity contribution in [2.45, 2.75) is 6.17 Å². The lowest BCUT2D eigenvalue weighted by atomic mass is 10.3. The lowest BCUT2D eigenvalue weighted by Crippen LogP contribution is -2.40. The Kier molecular flexibility index (Phi) is 2.10. The molecule has 68 valence electrons. The summed E-state index contributed by atoms with van der Waals surface area (Å²) in [5.41, 5.74) is 0.951. The topological polar surface area (TPSA) is 33.6 Å². The average molecular weight is 168 g/mol. The summed E-state index contributed by atoms with van der Waals surface area (Å²) in [6.07, 6.45) is 0.127. The Balaban J connectivity index is 2.91. The van der Waals surface area contributed by atoms with E-state index in [1.54, 1.807) is 4.90 Å². The van der Waals surface area contributed by atoms with E-state index in [2.05, 4.69) is 6.58 Å². The van der Waals surface area contributed by atoms with Gasteiger partial charge in [-0.05, 0) is 14.1 Å². The molecule has 0 radical (unpaired) electrons. The molecule has 1 unspecified atom stereocenters. The minimum atomic E-state index is 0.127. The summed E-state index contributed by atoms with van der Waals surface area (Å²) < 4.78 is 0. The summed E-state index contributed by atoms with van der Waals surface area (Å²) in [5.74, 6) is 0.499. The fourth-order valence-electron chi connectivity index (χ4n) is 1.53. The Bertz CT molecular complexity index is 221. The van der Waals surface area contributed by atoms with Crippen LogP contribution in [0, 0.1) is 5.41 Å². The fraction of sp³-hybridized carbons (Fsp3) is 0.625. The third-order valence-electron chi connectivity index (χ3n) is 2.24. The van der Waals surface area contributed by atoms with Crippen LogP contribution in [0.15, 0.2) is 12.3 Å². The quantitative estimate of drug-likeness (QED) is 0.607. The van der Waals surface area contributed by atoms with Crippen molar-refractivity contribution in [1.82, 2.24) is 14.7 Å². The summed E-state index contributed by atoms with van der Waals surface area (Å²) in [6, 6.07) is 0. The normalized spacial score (nSPS) is 24.6. The van der Waals surface area contributed by atoms with Crippen LogP contribution in [0.4, 0.5) is 0 Å². The second-order valence-corrected chi connectivity index (χ2v) is 3.32. The number of rotatable bonds is 1. The van der Waals surface area contributed by atoms with Crippen LogP contribution in [0.25, 0.3) is 0 Å². The summed E-state index contributed by atoms with van der Waals surface area (Å²) in [5, 5.41) is 7.68. The Morgan fingerprint density at radius 1 is 1.42 bits per heavy atom. The van der Waals surface area contributed by atoms with Crippen LogP contribution in [-0.4, -0.2) is 55.0 Å². The highest BCUT2D eigenvalue weighted by molar-refractivity contribution is 5.82. The smallest absolute Gasteiger partial charge is 0.199 e. The third kappa shape index (κ3) is 1.08. The predicted molar refractivity (Wildman–Crippen MR) is 49.9 cm³/mol. The largest absolute Gasteiger partial charge is 0.324 e. The van der Waals surface area contributed by atoms with Crippen molar-refractivity contribution >= 4 is 5.96 Å². The van der Waals surface area contributed by atoms with E-state index in [1.165, 1.54) is 0 Å². The van der Waals surface area contributed by atoms with E-state index in [0.717, 1.165) is 5.70 Å². The first kappa shape index (κ1) is 9.06. The third-order valence-corrected chi connectivity index (χ3v) is 2.24. The van der Waals surface area contributed by atoms with Crippen molar-refractivity contribution in [3.63, 3.8) is 0 Å². The van der Waals surface area contributed by atoms with Gasteiger partial charge in [-0.25, -0.2) is 0 Å². The molecule has 1 rings (SSSR count). The average Bonchev–Trinajstić information content (AvgIpc) is 2.16. The van der Waals surface area contributed by atoms with Gasteiger partial charge in [0.05, 0.1) is 5.70 Å². The first-order chi connectivity index (χ1) is 5.46. The second-order valence-electron chi connectivity index (χ2n) is 3.32. The molecule has 0 aromatic carbocycles. The zero-order valence-electron chi connectivity index (χ0n) is 8.13. The molecule has 0 aromatic heterocycles. The van der Waals surface area contributed by atoms with E-state index < -0.39 is 0 Å². The first-order valence-electron chi connectivity index (χ1n) is 3.87. The molecule has 12 heavy (non-hydrogen) atoms. The van der Waals surface area contributed by atoms with Gasteiger partial charge in [0, 0.05) is 14.1 Å². The highest BCUT2D eigenvalue weighted by Crippen LogP contribution is 2.21. The highest BCUT2D eigenvalue weighted by atomic mass is 15.5. The minimum absolute atomic E-state index is 0.127. The van der Waals surface area contributed by atoms with Gasteiger partial charge in [0.1, 0.15) is 6.17 Å². The van der Waals surface area contributed by atoms with E-state index in [1.807, 2.05) is 38.0 Å². The molecule has 4 nitrogen and oxygen atoms in total. The van der Waals surface area contributed by atoms with Gasteiger partial charge >= 0.3 is 0 Å². The molecule has 0 amide bonds. The second kappa shape index (κ2) is 2.79. The molecular formula is C8H16N4. The van der Waals surface area contributed by atoms with Gasteiger partial charge in [-0.3, -0.25) is 10.3 Å². The molecule has 0 saturated carbocycles. The molecule has 1 heterocycles. The van der Waals surface area contributed by atoms with Gasteiger partial charge in [0.25, 0.3) is 0 Å². The lowest BCUT2D eigenvalue weighted by Gasteiger charge is -2.25.